The van der Waals surface area contributed by atoms with E-state index in [0.717, 1.165) is 62.5 Å². The van der Waals surface area contributed by atoms with Gasteiger partial charge in [0.2, 0.25) is 0 Å². The lowest BCUT2D eigenvalue weighted by molar-refractivity contribution is 0.331. The van der Waals surface area contributed by atoms with Gasteiger partial charge in [-0.05, 0) is 43.2 Å². The monoisotopic (exact) mass is 460 g/mol. The molecule has 0 spiro atoms. The van der Waals surface area contributed by atoms with Crippen molar-refractivity contribution in [3.8, 4) is 34.5 Å². The van der Waals surface area contributed by atoms with Crippen LogP contribution >= 0.6 is 11.6 Å². The van der Waals surface area contributed by atoms with Crippen LogP contribution in [-0.4, -0.2) is 10.2 Å². The highest BCUT2D eigenvalue weighted by Gasteiger charge is 2.34. The number of phenolic OH excluding ortho intramolecular Hbond substituents is 2. The van der Waals surface area contributed by atoms with Crippen LogP contribution in [0.15, 0.2) is 0 Å². The molecular weight excluding hydrogens is 424 g/mol. The Bertz CT molecular complexity index is 981. The number of hydrogen-bond donors (Lipinski definition) is 2. The van der Waals surface area contributed by atoms with E-state index in [1.165, 1.54) is 5.56 Å². The summed E-state index contributed by atoms with van der Waals surface area (Å²) >= 11 is 6.97. The number of hydrogen-bond acceptors (Lipinski definition) is 4. The van der Waals surface area contributed by atoms with Gasteiger partial charge < -0.3 is 19.7 Å². The van der Waals surface area contributed by atoms with Crippen LogP contribution in [0.1, 0.15) is 94.5 Å². The molecule has 5 heteroatoms. The molecule has 0 atom stereocenters. The van der Waals surface area contributed by atoms with Crippen molar-refractivity contribution < 1.29 is 19.7 Å². The molecule has 0 aromatic heterocycles. The van der Waals surface area contributed by atoms with Gasteiger partial charge in [0.05, 0.1) is 5.02 Å². The maximum absolute atomic E-state index is 10.8. The summed E-state index contributed by atoms with van der Waals surface area (Å²) in [4.78, 5) is 0. The first-order chi connectivity index (χ1) is 15.4. The predicted molar refractivity (Wildman–Crippen MR) is 131 cm³/mol. The molecule has 2 aromatic carbocycles. The molecule has 0 saturated heterocycles. The smallest absolute Gasteiger partial charge is 0.189 e. The van der Waals surface area contributed by atoms with Crippen LogP contribution in [0.25, 0.3) is 0 Å². The Morgan fingerprint density at radius 1 is 0.500 bits per heavy atom. The van der Waals surface area contributed by atoms with E-state index in [2.05, 4.69) is 20.8 Å². The van der Waals surface area contributed by atoms with Crippen LogP contribution in [0.2, 0.25) is 5.02 Å². The molecule has 4 nitrogen and oxygen atoms in total. The fraction of sp³-hybridized carbons (Fsp3) is 0.556. The zero-order valence-corrected chi connectivity index (χ0v) is 20.9. The average molecular weight is 461 g/mol. The van der Waals surface area contributed by atoms with Crippen LogP contribution in [0.5, 0.6) is 34.5 Å². The number of rotatable bonds is 10. The minimum absolute atomic E-state index is 0.0966. The third kappa shape index (κ3) is 4.26. The minimum Gasteiger partial charge on any atom is -0.504 e. The summed E-state index contributed by atoms with van der Waals surface area (Å²) in [6.07, 6.45) is 8.47. The molecule has 0 saturated carbocycles. The second-order valence-electron chi connectivity index (χ2n) is 8.67. The first kappa shape index (κ1) is 24.6. The largest absolute Gasteiger partial charge is 0.504 e. The molecular formula is C27H37ClO4. The highest BCUT2D eigenvalue weighted by atomic mass is 35.5. The fourth-order valence-electron chi connectivity index (χ4n) is 4.76. The first-order valence-electron chi connectivity index (χ1n) is 12.3. The Labute approximate surface area is 197 Å². The number of aromatic hydroxyl groups is 2. The van der Waals surface area contributed by atoms with Gasteiger partial charge in [0.25, 0.3) is 0 Å². The second-order valence-corrected chi connectivity index (χ2v) is 9.05. The lowest BCUT2D eigenvalue weighted by Crippen LogP contribution is -2.12. The van der Waals surface area contributed by atoms with Gasteiger partial charge in [0.15, 0.2) is 34.5 Å². The van der Waals surface area contributed by atoms with E-state index in [4.69, 9.17) is 21.1 Å². The third-order valence-corrected chi connectivity index (χ3v) is 6.53. The topological polar surface area (TPSA) is 58.9 Å². The fourth-order valence-corrected chi connectivity index (χ4v) is 5.09. The van der Waals surface area contributed by atoms with Crippen molar-refractivity contribution in [1.29, 1.82) is 0 Å². The molecule has 0 bridgehead atoms. The molecule has 2 N–H and O–H groups in total. The molecule has 1 aliphatic heterocycles. The molecule has 2 aromatic rings. The van der Waals surface area contributed by atoms with Gasteiger partial charge in [-0.2, -0.15) is 0 Å². The van der Waals surface area contributed by atoms with Crippen molar-refractivity contribution in [2.45, 2.75) is 98.8 Å². The van der Waals surface area contributed by atoms with Crippen LogP contribution in [0, 0.1) is 0 Å². The van der Waals surface area contributed by atoms with Gasteiger partial charge in [-0.1, -0.05) is 78.3 Å². The van der Waals surface area contributed by atoms with Gasteiger partial charge >= 0.3 is 0 Å². The summed E-state index contributed by atoms with van der Waals surface area (Å²) in [5.74, 6) is 2.04. The van der Waals surface area contributed by atoms with Gasteiger partial charge in [-0.25, -0.2) is 0 Å². The summed E-state index contributed by atoms with van der Waals surface area (Å²) in [7, 11) is 0. The molecule has 176 valence electrons. The summed E-state index contributed by atoms with van der Waals surface area (Å²) in [6, 6.07) is 0. The maximum Gasteiger partial charge on any atom is 0.189 e. The van der Waals surface area contributed by atoms with E-state index in [9.17, 15) is 10.2 Å². The standard InChI is InChI=1S/C27H37ClO4/c1-6-11-16-17(12-7-2)21(28)27-24(18(16)13-8-3)31-25-19(14-9-4)22(29)23(30)20(15-10-5)26(25)32-27/h29-30H,6-15H2,1-5H3. The summed E-state index contributed by atoms with van der Waals surface area (Å²) < 4.78 is 13.1. The Kier molecular flexibility index (Phi) is 8.21. The van der Waals surface area contributed by atoms with E-state index < -0.39 is 0 Å². The highest BCUT2D eigenvalue weighted by Crippen LogP contribution is 2.59. The Hall–Kier alpha value is -2.07. The molecule has 0 fully saturated rings. The Morgan fingerprint density at radius 2 is 0.844 bits per heavy atom. The van der Waals surface area contributed by atoms with Gasteiger partial charge in [-0.3, -0.25) is 0 Å². The average Bonchev–Trinajstić information content (AvgIpc) is 2.78. The van der Waals surface area contributed by atoms with Crippen LogP contribution < -0.4 is 9.47 Å². The van der Waals surface area contributed by atoms with E-state index in [-0.39, 0.29) is 11.5 Å². The molecule has 0 unspecified atom stereocenters. The van der Waals surface area contributed by atoms with Crippen LogP contribution in [0.3, 0.4) is 0 Å². The van der Waals surface area contributed by atoms with E-state index in [1.54, 1.807) is 0 Å². The lowest BCUT2D eigenvalue weighted by atomic mass is 9.90. The highest BCUT2D eigenvalue weighted by molar-refractivity contribution is 6.33. The van der Waals surface area contributed by atoms with Crippen LogP contribution in [-0.2, 0) is 32.1 Å². The van der Waals surface area contributed by atoms with Gasteiger partial charge in [0, 0.05) is 16.7 Å². The first-order valence-corrected chi connectivity index (χ1v) is 12.6. The van der Waals surface area contributed by atoms with E-state index in [1.807, 2.05) is 13.8 Å². The quantitative estimate of drug-likeness (QED) is 0.298. The van der Waals surface area contributed by atoms with Crippen molar-refractivity contribution in [1.82, 2.24) is 0 Å². The number of ether oxygens (including phenoxy) is 2. The van der Waals surface area contributed by atoms with E-state index in [0.29, 0.717) is 52.0 Å². The van der Waals surface area contributed by atoms with Crippen molar-refractivity contribution in [2.75, 3.05) is 0 Å². The predicted octanol–water partition coefficient (Wildman–Crippen LogP) is 8.41. The molecule has 1 aliphatic rings. The molecule has 0 radical (unpaired) electrons. The molecule has 0 aliphatic carbocycles. The minimum atomic E-state index is -0.109. The Morgan fingerprint density at radius 3 is 1.31 bits per heavy atom. The second kappa shape index (κ2) is 10.7. The van der Waals surface area contributed by atoms with Crippen molar-refractivity contribution in [3.05, 3.63) is 32.8 Å². The summed E-state index contributed by atoms with van der Waals surface area (Å²) in [6.45, 7) is 10.6. The van der Waals surface area contributed by atoms with Gasteiger partial charge in [-0.15, -0.1) is 0 Å². The van der Waals surface area contributed by atoms with Gasteiger partial charge in [0.1, 0.15) is 0 Å². The Balaban J connectivity index is 2.33. The summed E-state index contributed by atoms with van der Waals surface area (Å²) in [5.41, 5.74) is 4.77. The lowest BCUT2D eigenvalue weighted by Gasteiger charge is -2.31. The molecule has 1 heterocycles. The number of benzene rings is 2. The molecule has 3 rings (SSSR count). The van der Waals surface area contributed by atoms with Crippen molar-refractivity contribution >= 4 is 11.6 Å². The summed E-state index contributed by atoms with van der Waals surface area (Å²) in [5, 5.41) is 22.2. The SMILES string of the molecule is CCCc1c(Cl)c2c(c(CCC)c1CCC)Oc1c(CCC)c(O)c(O)c(CCC)c1O2. The third-order valence-electron chi connectivity index (χ3n) is 6.13. The van der Waals surface area contributed by atoms with Crippen LogP contribution in [0.4, 0.5) is 0 Å². The zero-order chi connectivity index (χ0) is 23.4. The van der Waals surface area contributed by atoms with E-state index >= 15 is 0 Å². The number of phenols is 2. The zero-order valence-electron chi connectivity index (χ0n) is 20.2. The molecule has 32 heavy (non-hydrogen) atoms. The van der Waals surface area contributed by atoms with Crippen molar-refractivity contribution in [2.24, 2.45) is 0 Å². The normalized spacial score (nSPS) is 12.2. The van der Waals surface area contributed by atoms with Crippen molar-refractivity contribution in [3.63, 3.8) is 0 Å². The maximum atomic E-state index is 10.8. The number of halogens is 1. The number of fused-ring (bicyclic) bond motifs is 2. The molecule has 0 amide bonds.